The van der Waals surface area contributed by atoms with Gasteiger partial charge in [-0.05, 0) is 43.6 Å². The summed E-state index contributed by atoms with van der Waals surface area (Å²) in [6.45, 7) is 3.23. The van der Waals surface area contributed by atoms with Gasteiger partial charge in [0.05, 0.1) is 19.6 Å². The van der Waals surface area contributed by atoms with E-state index in [0.29, 0.717) is 28.2 Å². The molecule has 140 valence electrons. The third-order valence-corrected chi connectivity index (χ3v) is 5.05. The molecule has 0 atom stereocenters. The highest BCUT2D eigenvalue weighted by molar-refractivity contribution is 5.82. The average molecular weight is 365 g/mol. The zero-order chi connectivity index (χ0) is 18.8. The normalized spacial score (nSPS) is 14.6. The Labute approximate surface area is 158 Å². The van der Waals surface area contributed by atoms with Gasteiger partial charge in [0.15, 0.2) is 16.9 Å². The third-order valence-electron chi connectivity index (χ3n) is 5.05. The number of fused-ring (bicyclic) bond motifs is 1. The summed E-state index contributed by atoms with van der Waals surface area (Å²) in [4.78, 5) is 15.1. The Bertz CT molecular complexity index is 1020. The third kappa shape index (κ3) is 3.55. The lowest BCUT2D eigenvalue weighted by molar-refractivity contribution is 0.331. The SMILES string of the molecule is COc1cc2oc(-c3cccc(CN4CCCC4)c3)cc(=O)c2cc1OC. The molecule has 0 N–H and O–H groups in total. The lowest BCUT2D eigenvalue weighted by atomic mass is 10.1. The van der Waals surface area contributed by atoms with Crippen molar-refractivity contribution in [2.75, 3.05) is 27.3 Å². The van der Waals surface area contributed by atoms with E-state index in [1.165, 1.54) is 18.4 Å². The molecule has 2 aromatic carbocycles. The molecule has 0 unspecified atom stereocenters. The fourth-order valence-electron chi connectivity index (χ4n) is 3.65. The molecule has 1 aliphatic heterocycles. The van der Waals surface area contributed by atoms with Crippen LogP contribution in [0.1, 0.15) is 18.4 Å². The molecule has 0 aliphatic carbocycles. The van der Waals surface area contributed by atoms with E-state index in [-0.39, 0.29) is 5.43 Å². The molecule has 4 rings (SSSR count). The standard InChI is InChI=1S/C22H23NO4/c1-25-21-11-17-18(24)12-19(27-20(17)13-22(21)26-2)16-7-5-6-15(10-16)14-23-8-3-4-9-23/h5-7,10-13H,3-4,8-9,14H2,1-2H3. The second-order valence-corrected chi connectivity index (χ2v) is 6.86. The smallest absolute Gasteiger partial charge is 0.193 e. The van der Waals surface area contributed by atoms with Gasteiger partial charge < -0.3 is 13.9 Å². The van der Waals surface area contributed by atoms with Crippen molar-refractivity contribution >= 4 is 11.0 Å². The van der Waals surface area contributed by atoms with Crippen molar-refractivity contribution in [3.63, 3.8) is 0 Å². The van der Waals surface area contributed by atoms with Gasteiger partial charge in [0.25, 0.3) is 0 Å². The average Bonchev–Trinajstić information content (AvgIpc) is 3.20. The van der Waals surface area contributed by atoms with E-state index in [1.807, 2.05) is 12.1 Å². The van der Waals surface area contributed by atoms with Gasteiger partial charge >= 0.3 is 0 Å². The minimum absolute atomic E-state index is 0.0999. The molecule has 5 nitrogen and oxygen atoms in total. The van der Waals surface area contributed by atoms with Crippen LogP contribution < -0.4 is 14.9 Å². The molecule has 5 heteroatoms. The number of ether oxygens (including phenoxy) is 2. The summed E-state index contributed by atoms with van der Waals surface area (Å²) in [5.41, 5.74) is 2.52. The number of likely N-dealkylation sites (tertiary alicyclic amines) is 1. The van der Waals surface area contributed by atoms with E-state index in [4.69, 9.17) is 13.9 Å². The molecule has 0 bridgehead atoms. The number of hydrogen-bond acceptors (Lipinski definition) is 5. The highest BCUT2D eigenvalue weighted by Crippen LogP contribution is 2.32. The summed E-state index contributed by atoms with van der Waals surface area (Å²) in [5.74, 6) is 1.61. The van der Waals surface area contributed by atoms with Crippen LogP contribution in [0.2, 0.25) is 0 Å². The molecule has 1 saturated heterocycles. The number of methoxy groups -OCH3 is 2. The molecule has 0 radical (unpaired) electrons. The van der Waals surface area contributed by atoms with Crippen LogP contribution in [0.4, 0.5) is 0 Å². The minimum atomic E-state index is -0.0999. The Morgan fingerprint density at radius 3 is 2.48 bits per heavy atom. The van der Waals surface area contributed by atoms with Gasteiger partial charge in [-0.25, -0.2) is 0 Å². The van der Waals surface area contributed by atoms with E-state index in [0.717, 1.165) is 25.2 Å². The minimum Gasteiger partial charge on any atom is -0.493 e. The predicted octanol–water partition coefficient (Wildman–Crippen LogP) is 4.07. The van der Waals surface area contributed by atoms with Gasteiger partial charge in [-0.2, -0.15) is 0 Å². The Morgan fingerprint density at radius 1 is 1.00 bits per heavy atom. The van der Waals surface area contributed by atoms with E-state index in [2.05, 4.69) is 17.0 Å². The monoisotopic (exact) mass is 365 g/mol. The van der Waals surface area contributed by atoms with Crippen molar-refractivity contribution in [2.45, 2.75) is 19.4 Å². The molecular formula is C22H23NO4. The highest BCUT2D eigenvalue weighted by Gasteiger charge is 2.14. The summed E-state index contributed by atoms with van der Waals surface area (Å²) in [6.07, 6.45) is 2.54. The fourth-order valence-corrected chi connectivity index (χ4v) is 3.65. The molecule has 3 aromatic rings. The van der Waals surface area contributed by atoms with Gasteiger partial charge in [-0.3, -0.25) is 9.69 Å². The first-order valence-electron chi connectivity index (χ1n) is 9.19. The number of nitrogens with zero attached hydrogens (tertiary/aromatic N) is 1. The largest absolute Gasteiger partial charge is 0.493 e. The van der Waals surface area contributed by atoms with Crippen LogP contribution in [0.15, 0.2) is 51.7 Å². The van der Waals surface area contributed by atoms with Crippen LogP contribution in [-0.2, 0) is 6.54 Å². The molecule has 2 heterocycles. The maximum absolute atomic E-state index is 12.6. The van der Waals surface area contributed by atoms with E-state index >= 15 is 0 Å². The summed E-state index contributed by atoms with van der Waals surface area (Å²) < 4.78 is 16.7. The van der Waals surface area contributed by atoms with Crippen LogP contribution in [-0.4, -0.2) is 32.2 Å². The Balaban J connectivity index is 1.74. The zero-order valence-electron chi connectivity index (χ0n) is 15.7. The molecule has 1 aromatic heterocycles. The topological polar surface area (TPSA) is 51.9 Å². The van der Waals surface area contributed by atoms with Gasteiger partial charge in [-0.1, -0.05) is 18.2 Å². The summed E-state index contributed by atoms with van der Waals surface area (Å²) >= 11 is 0. The molecule has 1 aliphatic rings. The van der Waals surface area contributed by atoms with Crippen molar-refractivity contribution in [1.82, 2.24) is 4.90 Å². The van der Waals surface area contributed by atoms with Crippen LogP contribution in [0.3, 0.4) is 0 Å². The predicted molar refractivity (Wildman–Crippen MR) is 106 cm³/mol. The van der Waals surface area contributed by atoms with Crippen molar-refractivity contribution in [3.05, 3.63) is 58.3 Å². The van der Waals surface area contributed by atoms with Crippen LogP contribution in [0.25, 0.3) is 22.3 Å². The quantitative estimate of drug-likeness (QED) is 0.682. The summed E-state index contributed by atoms with van der Waals surface area (Å²) in [6, 6.07) is 13.1. The molecule has 27 heavy (non-hydrogen) atoms. The lowest BCUT2D eigenvalue weighted by Crippen LogP contribution is -2.18. The first kappa shape index (κ1) is 17.6. The van der Waals surface area contributed by atoms with E-state index in [9.17, 15) is 4.79 Å². The molecule has 1 fully saturated rings. The number of benzene rings is 2. The first-order chi connectivity index (χ1) is 13.2. The summed E-state index contributed by atoms with van der Waals surface area (Å²) in [5, 5.41) is 0.477. The Hall–Kier alpha value is -2.79. The summed E-state index contributed by atoms with van der Waals surface area (Å²) in [7, 11) is 3.11. The number of hydrogen-bond donors (Lipinski definition) is 0. The van der Waals surface area contributed by atoms with Crippen molar-refractivity contribution in [1.29, 1.82) is 0 Å². The van der Waals surface area contributed by atoms with Gasteiger partial charge in [-0.15, -0.1) is 0 Å². The molecule has 0 spiro atoms. The van der Waals surface area contributed by atoms with Crippen molar-refractivity contribution < 1.29 is 13.9 Å². The highest BCUT2D eigenvalue weighted by atomic mass is 16.5. The fraction of sp³-hybridized carbons (Fsp3) is 0.318. The van der Waals surface area contributed by atoms with Gasteiger partial charge in [0, 0.05) is 24.2 Å². The van der Waals surface area contributed by atoms with Crippen LogP contribution in [0, 0.1) is 0 Å². The van der Waals surface area contributed by atoms with Gasteiger partial charge in [0.2, 0.25) is 0 Å². The maximum Gasteiger partial charge on any atom is 0.193 e. The van der Waals surface area contributed by atoms with Gasteiger partial charge in [0.1, 0.15) is 11.3 Å². The van der Waals surface area contributed by atoms with E-state index < -0.39 is 0 Å². The second-order valence-electron chi connectivity index (χ2n) is 6.86. The lowest BCUT2D eigenvalue weighted by Gasteiger charge is -2.15. The van der Waals surface area contributed by atoms with Crippen LogP contribution in [0.5, 0.6) is 11.5 Å². The Kier molecular flexibility index (Phi) is 4.86. The maximum atomic E-state index is 12.6. The van der Waals surface area contributed by atoms with Crippen LogP contribution >= 0.6 is 0 Å². The Morgan fingerprint density at radius 2 is 1.74 bits per heavy atom. The molecular weight excluding hydrogens is 342 g/mol. The molecule has 0 amide bonds. The van der Waals surface area contributed by atoms with Crippen molar-refractivity contribution in [2.24, 2.45) is 0 Å². The molecule has 0 saturated carbocycles. The number of rotatable bonds is 5. The second kappa shape index (κ2) is 7.45. The zero-order valence-corrected chi connectivity index (χ0v) is 15.7. The van der Waals surface area contributed by atoms with E-state index in [1.54, 1.807) is 32.4 Å². The van der Waals surface area contributed by atoms with Crippen molar-refractivity contribution in [3.8, 4) is 22.8 Å². The first-order valence-corrected chi connectivity index (χ1v) is 9.19.